The second kappa shape index (κ2) is 6.66. The van der Waals surface area contributed by atoms with Crippen LogP contribution >= 0.6 is 22.9 Å². The SMILES string of the molecule is OCCc1cccnc1C(O)c1cc(C2OC=CO2)sc1Cl. The molecule has 0 bridgehead atoms. The second-order valence-corrected chi connectivity index (χ2v) is 6.36. The van der Waals surface area contributed by atoms with Crippen molar-refractivity contribution in [1.29, 1.82) is 0 Å². The number of ether oxygens (including phenoxy) is 2. The number of pyridine rings is 1. The summed E-state index contributed by atoms with van der Waals surface area (Å²) in [6.45, 7) is -0.0105. The fourth-order valence-corrected chi connectivity index (χ4v) is 3.57. The third-order valence-electron chi connectivity index (χ3n) is 3.29. The molecular formula is C15H14ClNO4S. The van der Waals surface area contributed by atoms with E-state index in [9.17, 15) is 5.11 Å². The van der Waals surface area contributed by atoms with E-state index in [2.05, 4.69) is 4.98 Å². The Balaban J connectivity index is 1.90. The second-order valence-electron chi connectivity index (χ2n) is 4.68. The average Bonchev–Trinajstić information content (AvgIpc) is 3.17. The van der Waals surface area contributed by atoms with Gasteiger partial charge < -0.3 is 19.7 Å². The summed E-state index contributed by atoms with van der Waals surface area (Å²) in [5, 5.41) is 19.7. The van der Waals surface area contributed by atoms with Gasteiger partial charge in [-0.1, -0.05) is 17.7 Å². The van der Waals surface area contributed by atoms with Crippen molar-refractivity contribution in [1.82, 2.24) is 4.98 Å². The van der Waals surface area contributed by atoms with Crippen LogP contribution in [-0.4, -0.2) is 21.8 Å². The zero-order valence-electron chi connectivity index (χ0n) is 11.5. The normalized spacial score (nSPS) is 15.6. The molecule has 2 aromatic heterocycles. The Morgan fingerprint density at radius 2 is 2.14 bits per heavy atom. The Bertz CT molecular complexity index is 680. The summed E-state index contributed by atoms with van der Waals surface area (Å²) in [5.74, 6) is 0. The van der Waals surface area contributed by atoms with Crippen molar-refractivity contribution >= 4 is 22.9 Å². The van der Waals surface area contributed by atoms with Gasteiger partial charge in [0, 0.05) is 18.4 Å². The lowest BCUT2D eigenvalue weighted by molar-refractivity contribution is -0.0217. The van der Waals surface area contributed by atoms with Crippen LogP contribution in [0.2, 0.25) is 4.34 Å². The van der Waals surface area contributed by atoms with E-state index in [1.165, 1.54) is 23.9 Å². The van der Waals surface area contributed by atoms with Crippen molar-refractivity contribution in [3.63, 3.8) is 0 Å². The van der Waals surface area contributed by atoms with Gasteiger partial charge in [-0.2, -0.15) is 0 Å². The highest BCUT2D eigenvalue weighted by molar-refractivity contribution is 7.16. The molecule has 1 aliphatic heterocycles. The molecule has 3 heterocycles. The highest BCUT2D eigenvalue weighted by Gasteiger charge is 2.25. The topological polar surface area (TPSA) is 71.8 Å². The third-order valence-corrected chi connectivity index (χ3v) is 4.70. The van der Waals surface area contributed by atoms with E-state index in [4.69, 9.17) is 26.2 Å². The standard InChI is InChI=1S/C15H14ClNO4S/c16-14-10(8-11(22-14)15-20-6-7-21-15)13(19)12-9(3-5-18)2-1-4-17-12/h1-2,4,6-8,13,15,18-19H,3,5H2. The van der Waals surface area contributed by atoms with E-state index in [0.717, 1.165) is 10.4 Å². The van der Waals surface area contributed by atoms with Crippen LogP contribution in [0.4, 0.5) is 0 Å². The number of hydrogen-bond acceptors (Lipinski definition) is 6. The Hall–Kier alpha value is -1.60. The molecule has 1 atom stereocenters. The summed E-state index contributed by atoms with van der Waals surface area (Å²) in [4.78, 5) is 5.00. The summed E-state index contributed by atoms with van der Waals surface area (Å²) in [5.41, 5.74) is 1.84. The van der Waals surface area contributed by atoms with Gasteiger partial charge in [-0.25, -0.2) is 0 Å². The molecular weight excluding hydrogens is 326 g/mol. The van der Waals surface area contributed by atoms with E-state index >= 15 is 0 Å². The Kier molecular flexibility index (Phi) is 4.63. The van der Waals surface area contributed by atoms with E-state index in [-0.39, 0.29) is 6.61 Å². The molecule has 0 fully saturated rings. The maximum atomic E-state index is 10.6. The van der Waals surface area contributed by atoms with Gasteiger partial charge in [0.15, 0.2) is 0 Å². The first-order valence-electron chi connectivity index (χ1n) is 6.68. The van der Waals surface area contributed by atoms with Crippen molar-refractivity contribution < 1.29 is 19.7 Å². The molecule has 0 aromatic carbocycles. The van der Waals surface area contributed by atoms with Crippen molar-refractivity contribution in [3.05, 3.63) is 63.0 Å². The van der Waals surface area contributed by atoms with Gasteiger partial charge >= 0.3 is 0 Å². The first kappa shape index (κ1) is 15.3. The Labute approximate surface area is 136 Å². The molecule has 7 heteroatoms. The van der Waals surface area contributed by atoms with Crippen LogP contribution in [0.5, 0.6) is 0 Å². The zero-order valence-corrected chi connectivity index (χ0v) is 13.0. The Morgan fingerprint density at radius 3 is 2.86 bits per heavy atom. The van der Waals surface area contributed by atoms with Crippen LogP contribution in [0.1, 0.15) is 34.1 Å². The largest absolute Gasteiger partial charge is 0.454 e. The van der Waals surface area contributed by atoms with Crippen LogP contribution in [0.3, 0.4) is 0 Å². The average molecular weight is 340 g/mol. The molecule has 2 aromatic rings. The molecule has 2 N–H and O–H groups in total. The molecule has 1 unspecified atom stereocenters. The van der Waals surface area contributed by atoms with Crippen molar-refractivity contribution in [2.45, 2.75) is 18.8 Å². The monoisotopic (exact) mass is 339 g/mol. The van der Waals surface area contributed by atoms with Crippen LogP contribution in [-0.2, 0) is 15.9 Å². The molecule has 0 saturated carbocycles. The van der Waals surface area contributed by atoms with Gasteiger partial charge in [-0.15, -0.1) is 11.3 Å². The molecule has 3 rings (SSSR count). The number of thiophene rings is 1. The predicted molar refractivity (Wildman–Crippen MR) is 82.5 cm³/mol. The molecule has 22 heavy (non-hydrogen) atoms. The van der Waals surface area contributed by atoms with Crippen LogP contribution < -0.4 is 0 Å². The molecule has 1 aliphatic rings. The van der Waals surface area contributed by atoms with Crippen molar-refractivity contribution in [2.75, 3.05) is 6.61 Å². The number of rotatable bonds is 5. The van der Waals surface area contributed by atoms with E-state index in [0.29, 0.717) is 22.0 Å². The van der Waals surface area contributed by atoms with Gasteiger partial charge in [0.05, 0.1) is 14.9 Å². The maximum absolute atomic E-state index is 10.6. The third kappa shape index (κ3) is 2.96. The summed E-state index contributed by atoms with van der Waals surface area (Å²) in [6, 6.07) is 5.36. The van der Waals surface area contributed by atoms with Crippen LogP contribution in [0.15, 0.2) is 36.9 Å². The van der Waals surface area contributed by atoms with Gasteiger partial charge in [-0.05, 0) is 24.1 Å². The summed E-state index contributed by atoms with van der Waals surface area (Å²) >= 11 is 7.54. The fourth-order valence-electron chi connectivity index (χ4n) is 2.25. The van der Waals surface area contributed by atoms with Gasteiger partial charge in [0.1, 0.15) is 18.6 Å². The fraction of sp³-hybridized carbons (Fsp3) is 0.267. The quantitative estimate of drug-likeness (QED) is 0.876. The molecule has 0 aliphatic carbocycles. The zero-order chi connectivity index (χ0) is 15.5. The van der Waals surface area contributed by atoms with Gasteiger partial charge in [-0.3, -0.25) is 4.98 Å². The van der Waals surface area contributed by atoms with E-state index in [1.807, 2.05) is 6.07 Å². The molecule has 0 saturated heterocycles. The maximum Gasteiger partial charge on any atom is 0.275 e. The highest BCUT2D eigenvalue weighted by atomic mass is 35.5. The number of aliphatic hydroxyl groups is 2. The highest BCUT2D eigenvalue weighted by Crippen LogP contribution is 2.40. The molecule has 0 radical (unpaired) electrons. The van der Waals surface area contributed by atoms with E-state index < -0.39 is 12.4 Å². The molecule has 5 nitrogen and oxygen atoms in total. The lowest BCUT2D eigenvalue weighted by Crippen LogP contribution is -2.07. The van der Waals surface area contributed by atoms with Crippen LogP contribution in [0, 0.1) is 0 Å². The minimum Gasteiger partial charge on any atom is -0.454 e. The first-order valence-corrected chi connectivity index (χ1v) is 7.88. The van der Waals surface area contributed by atoms with Crippen molar-refractivity contribution in [3.8, 4) is 0 Å². The minimum atomic E-state index is -0.963. The van der Waals surface area contributed by atoms with Crippen LogP contribution in [0.25, 0.3) is 0 Å². The smallest absolute Gasteiger partial charge is 0.275 e. The molecule has 0 amide bonds. The van der Waals surface area contributed by atoms with E-state index in [1.54, 1.807) is 18.3 Å². The lowest BCUT2D eigenvalue weighted by atomic mass is 10.0. The molecule has 116 valence electrons. The number of aliphatic hydroxyl groups excluding tert-OH is 2. The van der Waals surface area contributed by atoms with Gasteiger partial charge in [0.2, 0.25) is 0 Å². The predicted octanol–water partition coefficient (Wildman–Crippen LogP) is 2.93. The summed E-state index contributed by atoms with van der Waals surface area (Å²) in [6.07, 6.45) is 3.47. The number of hydrogen-bond donors (Lipinski definition) is 2. The number of nitrogens with zero attached hydrogens (tertiary/aromatic N) is 1. The number of aromatic nitrogens is 1. The van der Waals surface area contributed by atoms with Crippen molar-refractivity contribution in [2.24, 2.45) is 0 Å². The lowest BCUT2D eigenvalue weighted by Gasteiger charge is -2.13. The molecule has 0 spiro atoms. The minimum absolute atomic E-state index is 0.0105. The summed E-state index contributed by atoms with van der Waals surface area (Å²) < 4.78 is 11.0. The summed E-state index contributed by atoms with van der Waals surface area (Å²) in [7, 11) is 0. The van der Waals surface area contributed by atoms with Gasteiger partial charge in [0.25, 0.3) is 6.29 Å². The number of halogens is 1. The Morgan fingerprint density at radius 1 is 1.36 bits per heavy atom. The first-order chi connectivity index (χ1) is 10.7.